The minimum atomic E-state index is -0.105. The van der Waals surface area contributed by atoms with Gasteiger partial charge < -0.3 is 24.4 Å². The Bertz CT molecular complexity index is 1080. The Hall–Kier alpha value is -3.55. The molecule has 1 amide bonds. The predicted molar refractivity (Wildman–Crippen MR) is 119 cm³/mol. The fraction of sp³-hybridized carbons (Fsp3) is 0.348. The molecule has 162 valence electrons. The van der Waals surface area contributed by atoms with Crippen molar-refractivity contribution >= 4 is 28.4 Å². The van der Waals surface area contributed by atoms with Crippen LogP contribution in [-0.2, 0) is 4.79 Å². The number of nitrogens with one attached hydrogen (secondary N) is 1. The first-order valence-corrected chi connectivity index (χ1v) is 10.2. The van der Waals surface area contributed by atoms with Crippen LogP contribution < -0.4 is 24.4 Å². The van der Waals surface area contributed by atoms with E-state index in [0.29, 0.717) is 49.0 Å². The molecule has 0 unspecified atom stereocenters. The fourth-order valence-corrected chi connectivity index (χ4v) is 3.82. The molecule has 1 fully saturated rings. The van der Waals surface area contributed by atoms with Crippen molar-refractivity contribution < 1.29 is 19.0 Å². The number of nitrogens with zero attached hydrogens (tertiary/aromatic N) is 3. The van der Waals surface area contributed by atoms with Gasteiger partial charge in [0.2, 0.25) is 5.91 Å². The lowest BCUT2D eigenvalue weighted by Crippen LogP contribution is -2.38. The zero-order chi connectivity index (χ0) is 21.8. The average molecular weight is 422 g/mol. The van der Waals surface area contributed by atoms with Crippen molar-refractivity contribution in [1.82, 2.24) is 9.97 Å². The summed E-state index contributed by atoms with van der Waals surface area (Å²) in [6.07, 6.45) is 1.41. The number of aromatic nitrogens is 2. The van der Waals surface area contributed by atoms with Crippen LogP contribution in [-0.4, -0.2) is 50.3 Å². The number of benzene rings is 2. The van der Waals surface area contributed by atoms with Crippen molar-refractivity contribution in [3.63, 3.8) is 0 Å². The Morgan fingerprint density at radius 3 is 2.32 bits per heavy atom. The molecule has 8 nitrogen and oxygen atoms in total. The number of para-hydroxylation sites is 2. The minimum Gasteiger partial charge on any atom is -0.497 e. The summed E-state index contributed by atoms with van der Waals surface area (Å²) in [4.78, 5) is 24.4. The standard InChI is InChI=1S/C23H26N4O4/c1-29-16-8-9-20(30-2)19(14-16)25-22(28)15-10-12-27(13-11-15)21-23(31-3)26-18-7-5-4-6-17(18)24-21/h4-9,14-15H,10-13H2,1-3H3,(H,25,28). The van der Waals surface area contributed by atoms with Gasteiger partial charge in [-0.3, -0.25) is 4.79 Å². The lowest BCUT2D eigenvalue weighted by atomic mass is 9.95. The van der Waals surface area contributed by atoms with Gasteiger partial charge in [0.15, 0.2) is 5.82 Å². The van der Waals surface area contributed by atoms with Crippen molar-refractivity contribution in [2.45, 2.75) is 12.8 Å². The summed E-state index contributed by atoms with van der Waals surface area (Å²) < 4.78 is 16.1. The normalized spacial score (nSPS) is 14.4. The number of hydrogen-bond donors (Lipinski definition) is 1. The van der Waals surface area contributed by atoms with Gasteiger partial charge in [-0.1, -0.05) is 12.1 Å². The quantitative estimate of drug-likeness (QED) is 0.651. The Labute approximate surface area is 181 Å². The second-order valence-corrected chi connectivity index (χ2v) is 7.36. The van der Waals surface area contributed by atoms with Crippen molar-refractivity contribution in [1.29, 1.82) is 0 Å². The predicted octanol–water partition coefficient (Wildman–Crippen LogP) is 3.51. The summed E-state index contributed by atoms with van der Waals surface area (Å²) in [5, 5.41) is 2.99. The number of piperidine rings is 1. The molecule has 4 rings (SSSR count). The molecule has 1 aromatic heterocycles. The topological polar surface area (TPSA) is 85.8 Å². The van der Waals surface area contributed by atoms with E-state index in [4.69, 9.17) is 19.2 Å². The van der Waals surface area contributed by atoms with Crippen LogP contribution in [0.3, 0.4) is 0 Å². The highest BCUT2D eigenvalue weighted by Crippen LogP contribution is 2.32. The molecule has 31 heavy (non-hydrogen) atoms. The molecule has 0 spiro atoms. The third kappa shape index (κ3) is 4.33. The molecule has 0 aliphatic carbocycles. The summed E-state index contributed by atoms with van der Waals surface area (Å²) in [7, 11) is 4.77. The van der Waals surface area contributed by atoms with E-state index in [1.54, 1.807) is 39.5 Å². The second-order valence-electron chi connectivity index (χ2n) is 7.36. The molecule has 2 aromatic carbocycles. The van der Waals surface area contributed by atoms with E-state index < -0.39 is 0 Å². The molecule has 8 heteroatoms. The van der Waals surface area contributed by atoms with Crippen LogP contribution in [0.2, 0.25) is 0 Å². The van der Waals surface area contributed by atoms with E-state index in [0.717, 1.165) is 16.9 Å². The second kappa shape index (κ2) is 9.07. The minimum absolute atomic E-state index is 0.0252. The maximum absolute atomic E-state index is 12.9. The molecular weight excluding hydrogens is 396 g/mol. The van der Waals surface area contributed by atoms with Gasteiger partial charge in [-0.25, -0.2) is 9.97 Å². The Kier molecular flexibility index (Phi) is 6.06. The summed E-state index contributed by atoms with van der Waals surface area (Å²) in [6.45, 7) is 1.38. The summed E-state index contributed by atoms with van der Waals surface area (Å²) in [6, 6.07) is 13.1. The SMILES string of the molecule is COc1ccc(OC)c(NC(=O)C2CCN(c3nc4ccccc4nc3OC)CC2)c1. The highest BCUT2D eigenvalue weighted by atomic mass is 16.5. The molecule has 3 aromatic rings. The van der Waals surface area contributed by atoms with Crippen LogP contribution in [0.15, 0.2) is 42.5 Å². The number of anilines is 2. The van der Waals surface area contributed by atoms with Gasteiger partial charge >= 0.3 is 0 Å². The van der Waals surface area contributed by atoms with Crippen LogP contribution in [0.4, 0.5) is 11.5 Å². The number of rotatable bonds is 6. The molecule has 0 saturated carbocycles. The molecule has 1 aliphatic rings. The summed E-state index contributed by atoms with van der Waals surface area (Å²) in [5.41, 5.74) is 2.23. The molecule has 0 radical (unpaired) electrons. The van der Waals surface area contributed by atoms with Gasteiger partial charge in [0.1, 0.15) is 11.5 Å². The van der Waals surface area contributed by atoms with Gasteiger partial charge in [0.25, 0.3) is 5.88 Å². The number of methoxy groups -OCH3 is 3. The largest absolute Gasteiger partial charge is 0.497 e. The third-order valence-corrected chi connectivity index (χ3v) is 5.54. The van der Waals surface area contributed by atoms with Crippen molar-refractivity contribution in [2.24, 2.45) is 5.92 Å². The van der Waals surface area contributed by atoms with Gasteiger partial charge in [0, 0.05) is 25.1 Å². The lowest BCUT2D eigenvalue weighted by Gasteiger charge is -2.32. The smallest absolute Gasteiger partial charge is 0.257 e. The van der Waals surface area contributed by atoms with E-state index in [-0.39, 0.29) is 11.8 Å². The van der Waals surface area contributed by atoms with E-state index in [9.17, 15) is 4.79 Å². The van der Waals surface area contributed by atoms with Gasteiger partial charge in [-0.15, -0.1) is 0 Å². The number of fused-ring (bicyclic) bond motifs is 1. The van der Waals surface area contributed by atoms with E-state index >= 15 is 0 Å². The zero-order valence-electron chi connectivity index (χ0n) is 17.9. The Morgan fingerprint density at radius 2 is 1.68 bits per heavy atom. The molecule has 0 bridgehead atoms. The fourth-order valence-electron chi connectivity index (χ4n) is 3.82. The number of carbonyl (C=O) groups is 1. The maximum Gasteiger partial charge on any atom is 0.257 e. The number of amides is 1. The van der Waals surface area contributed by atoms with Crippen LogP contribution in [0.25, 0.3) is 11.0 Å². The van der Waals surface area contributed by atoms with Crippen LogP contribution in [0, 0.1) is 5.92 Å². The van der Waals surface area contributed by atoms with Crippen molar-refractivity contribution in [2.75, 3.05) is 44.6 Å². The molecule has 1 saturated heterocycles. The van der Waals surface area contributed by atoms with E-state index in [1.807, 2.05) is 24.3 Å². The highest BCUT2D eigenvalue weighted by Gasteiger charge is 2.28. The third-order valence-electron chi connectivity index (χ3n) is 5.54. The number of hydrogen-bond acceptors (Lipinski definition) is 7. The van der Waals surface area contributed by atoms with Gasteiger partial charge in [-0.2, -0.15) is 0 Å². The summed E-state index contributed by atoms with van der Waals surface area (Å²) >= 11 is 0. The number of ether oxygens (including phenoxy) is 3. The monoisotopic (exact) mass is 422 g/mol. The van der Waals surface area contributed by atoms with Crippen molar-refractivity contribution in [3.05, 3.63) is 42.5 Å². The van der Waals surface area contributed by atoms with Gasteiger partial charge in [-0.05, 0) is 37.1 Å². The zero-order valence-corrected chi connectivity index (χ0v) is 17.9. The highest BCUT2D eigenvalue weighted by molar-refractivity contribution is 5.94. The van der Waals surface area contributed by atoms with Crippen LogP contribution >= 0.6 is 0 Å². The maximum atomic E-state index is 12.9. The lowest BCUT2D eigenvalue weighted by molar-refractivity contribution is -0.120. The molecule has 1 N–H and O–H groups in total. The number of carbonyl (C=O) groups excluding carboxylic acids is 1. The average Bonchev–Trinajstić information content (AvgIpc) is 2.83. The molecular formula is C23H26N4O4. The summed E-state index contributed by atoms with van der Waals surface area (Å²) in [5.74, 6) is 2.35. The van der Waals surface area contributed by atoms with Crippen LogP contribution in [0.1, 0.15) is 12.8 Å². The molecule has 1 aliphatic heterocycles. The van der Waals surface area contributed by atoms with E-state index in [1.165, 1.54) is 0 Å². The van der Waals surface area contributed by atoms with E-state index in [2.05, 4.69) is 15.2 Å². The molecule has 2 heterocycles. The molecule has 0 atom stereocenters. The Morgan fingerprint density at radius 1 is 0.968 bits per heavy atom. The van der Waals surface area contributed by atoms with Gasteiger partial charge in [0.05, 0.1) is 38.1 Å². The first-order valence-electron chi connectivity index (χ1n) is 10.2. The van der Waals surface area contributed by atoms with Crippen molar-refractivity contribution in [3.8, 4) is 17.4 Å². The first kappa shape index (κ1) is 20.7. The Balaban J connectivity index is 1.45. The van der Waals surface area contributed by atoms with Crippen LogP contribution in [0.5, 0.6) is 17.4 Å². The first-order chi connectivity index (χ1) is 15.1.